The molecule has 5 aromatic rings. The molecule has 0 saturated heterocycles. The number of ether oxygens (including phenoxy) is 1. The van der Waals surface area contributed by atoms with E-state index < -0.39 is 20.0 Å². The van der Waals surface area contributed by atoms with Crippen LogP contribution in [0.3, 0.4) is 0 Å². The largest absolute Gasteiger partial charge is 0.451 e. The van der Waals surface area contributed by atoms with Crippen LogP contribution >= 0.6 is 23.2 Å². The first-order valence-electron chi connectivity index (χ1n) is 17.3. The van der Waals surface area contributed by atoms with Crippen molar-refractivity contribution in [3.63, 3.8) is 0 Å². The number of nitrogens with one attached hydrogen (secondary N) is 2. The molecule has 1 aliphatic carbocycles. The number of rotatable bonds is 5. The molecule has 2 aliphatic heterocycles. The summed E-state index contributed by atoms with van der Waals surface area (Å²) < 4.78 is 60.8. The van der Waals surface area contributed by atoms with Crippen LogP contribution in [0.5, 0.6) is 11.5 Å². The molecule has 3 N–H and O–H groups in total. The third-order valence-electron chi connectivity index (χ3n) is 7.67. The van der Waals surface area contributed by atoms with Gasteiger partial charge in [-0.2, -0.15) is 8.42 Å². The predicted molar refractivity (Wildman–Crippen MR) is 225 cm³/mol. The summed E-state index contributed by atoms with van der Waals surface area (Å²) in [7, 11) is -6.66. The van der Waals surface area contributed by atoms with Crippen molar-refractivity contribution < 1.29 is 30.5 Å². The molecule has 0 amide bonds. The molecule has 3 aliphatic rings. The third kappa shape index (κ3) is 10.6. The topological polar surface area (TPSA) is 160 Å². The molecule has 5 aromatic carbocycles. The minimum atomic E-state index is -3.67. The molecule has 8 rings (SSSR count). The molecule has 0 aromatic heterocycles. The van der Waals surface area contributed by atoms with E-state index in [4.69, 9.17) is 41.9 Å². The second-order valence-electron chi connectivity index (χ2n) is 11.7. The van der Waals surface area contributed by atoms with Gasteiger partial charge in [0.1, 0.15) is 26.9 Å². The summed E-state index contributed by atoms with van der Waals surface area (Å²) in [6, 6.07) is 39.4. The number of hydrogen-bond acceptors (Lipinski definition) is 10. The lowest BCUT2D eigenvalue weighted by atomic mass is 10.1. The fraction of sp³-hybridized carbons (Fsp3) is 0.122. The monoisotopic (exact) mass is 832 g/mol. The summed E-state index contributed by atoms with van der Waals surface area (Å²) in [4.78, 5) is 9.81. The van der Waals surface area contributed by atoms with Crippen molar-refractivity contribution in [2.45, 2.75) is 25.7 Å². The van der Waals surface area contributed by atoms with Gasteiger partial charge in [-0.25, -0.2) is 18.4 Å². The van der Waals surface area contributed by atoms with Crippen LogP contribution in [0.25, 0.3) is 22.6 Å². The van der Waals surface area contributed by atoms with Gasteiger partial charge in [0.15, 0.2) is 32.7 Å². The van der Waals surface area contributed by atoms with E-state index in [1.165, 1.54) is 0 Å². The Balaban J connectivity index is 0.000000279. The number of fused-ring (bicyclic) bond motifs is 4. The Morgan fingerprint density at radius 1 is 0.786 bits per heavy atom. The van der Waals surface area contributed by atoms with E-state index in [1.807, 2.05) is 111 Å². The maximum atomic E-state index is 11.2. The van der Waals surface area contributed by atoms with Crippen LogP contribution in [0, 0.1) is 0 Å². The van der Waals surface area contributed by atoms with Gasteiger partial charge in [0.25, 0.3) is 10.1 Å². The van der Waals surface area contributed by atoms with Crippen molar-refractivity contribution in [1.82, 2.24) is 4.98 Å². The zero-order valence-corrected chi connectivity index (χ0v) is 33.8. The highest BCUT2D eigenvalue weighted by Gasteiger charge is 2.28. The molecule has 15 heteroatoms. The van der Waals surface area contributed by atoms with Gasteiger partial charge in [-0.3, -0.25) is 4.55 Å². The highest BCUT2D eigenvalue weighted by Crippen LogP contribution is 2.53. The molecule has 11 nitrogen and oxygen atoms in total. The number of benzene rings is 6. The van der Waals surface area contributed by atoms with Crippen molar-refractivity contribution in [2.24, 2.45) is 4.99 Å². The Labute approximate surface area is 335 Å². The number of halogens is 2. The maximum absolute atomic E-state index is 11.2. The Bertz CT molecular complexity index is 2690. The van der Waals surface area contributed by atoms with E-state index in [-0.39, 0.29) is 5.75 Å². The van der Waals surface area contributed by atoms with E-state index in [0.29, 0.717) is 60.9 Å². The maximum Gasteiger partial charge on any atom is 0.261 e. The first-order chi connectivity index (χ1) is 26.8. The zero-order chi connectivity index (χ0) is 40.5. The normalized spacial score (nSPS) is 11.9. The van der Waals surface area contributed by atoms with Crippen LogP contribution in [-0.4, -0.2) is 38.4 Å². The van der Waals surface area contributed by atoms with Gasteiger partial charge < -0.3 is 19.8 Å². The van der Waals surface area contributed by atoms with Gasteiger partial charge in [0.2, 0.25) is 0 Å². The third-order valence-corrected chi connectivity index (χ3v) is 10.1. The first-order valence-corrected chi connectivity index (χ1v) is 21.5. The average Bonchev–Trinajstić information content (AvgIpc) is 3.20. The molecule has 0 atom stereocenters. The quantitative estimate of drug-likeness (QED) is 0.112. The number of sulfone groups is 1. The van der Waals surface area contributed by atoms with Gasteiger partial charge in [-0.1, -0.05) is 98.6 Å². The van der Waals surface area contributed by atoms with E-state index in [0.717, 1.165) is 28.1 Å². The summed E-state index contributed by atoms with van der Waals surface area (Å²) in [5.74, 6) is 1.71. The van der Waals surface area contributed by atoms with Crippen molar-refractivity contribution in [2.75, 3.05) is 22.6 Å². The molecular weight excluding hydrogens is 796 g/mol. The smallest absolute Gasteiger partial charge is 0.261 e. The van der Waals surface area contributed by atoms with Crippen LogP contribution < -0.4 is 20.7 Å². The fourth-order valence-electron chi connectivity index (χ4n) is 5.18. The Kier molecular flexibility index (Phi) is 13.8. The minimum absolute atomic E-state index is 0.164. The summed E-state index contributed by atoms with van der Waals surface area (Å²) in [6.45, 7) is 5.64. The number of nitrogens with zero attached hydrogens (tertiary/aromatic N) is 2. The van der Waals surface area contributed by atoms with E-state index in [1.54, 1.807) is 37.3 Å². The second kappa shape index (κ2) is 18.5. The Hall–Kier alpha value is -5.44. The van der Waals surface area contributed by atoms with Gasteiger partial charge in [0, 0.05) is 23.5 Å². The van der Waals surface area contributed by atoms with Crippen molar-refractivity contribution >= 4 is 82.7 Å². The van der Waals surface area contributed by atoms with Crippen LogP contribution in [0.15, 0.2) is 142 Å². The molecule has 56 heavy (non-hydrogen) atoms. The summed E-state index contributed by atoms with van der Waals surface area (Å²) in [6.07, 6.45) is 0.715. The highest BCUT2D eigenvalue weighted by molar-refractivity contribution is 7.91. The zero-order valence-electron chi connectivity index (χ0n) is 30.7. The van der Waals surface area contributed by atoms with Crippen molar-refractivity contribution in [1.29, 1.82) is 0 Å². The van der Waals surface area contributed by atoms with Gasteiger partial charge in [-0.05, 0) is 60.7 Å². The fourth-order valence-corrected chi connectivity index (χ4v) is 6.61. The van der Waals surface area contributed by atoms with Gasteiger partial charge in [-0.15, -0.1) is 0 Å². The van der Waals surface area contributed by atoms with Crippen LogP contribution in [0.2, 0.25) is 10.0 Å². The lowest BCUT2D eigenvalue weighted by Crippen LogP contribution is -2.06. The summed E-state index contributed by atoms with van der Waals surface area (Å²) in [5.41, 5.74) is 5.38. The van der Waals surface area contributed by atoms with Gasteiger partial charge in [0.05, 0.1) is 33.6 Å². The molecule has 290 valence electrons. The Morgan fingerprint density at radius 2 is 1.39 bits per heavy atom. The number of aromatic nitrogens is 1. The molecule has 0 spiro atoms. The predicted octanol–water partition coefficient (Wildman–Crippen LogP) is 11.1. The number of anilines is 4. The van der Waals surface area contributed by atoms with E-state index in [9.17, 15) is 16.8 Å². The molecule has 0 unspecified atom stereocenters. The van der Waals surface area contributed by atoms with E-state index >= 15 is 0 Å². The standard InChI is InChI=1S/C30H18Cl2N4O2.C8H10O2S.C2H6.CH4O3S/c31-25-28-30(38-24-16-20(12-14-22(24)36-28)34-18-9-5-2-6-10-18)26(32)27-29(25)37-23-15-19(11-13-21(23)35-27)33-17-7-3-1-4-8-17;1-2-11(9,10)8-6-4-3-5-7-8;1-2;1-5(2,3)4/h1-16,33,35H;3-7H,2H2,1H3;1-2H3;1H3,(H,2,3,4). The molecule has 0 radical (unpaired) electrons. The molecule has 0 fully saturated rings. The SMILES string of the molecule is CC.CCS(=O)(=O)c1ccccc1.CS(=O)(=O)O.Clc1c2c(c(Cl)c3oc4cc(=Nc5ccccc5)ccc-4nc13)Nc1ccc(Nc3ccccc3)cc1O2. The summed E-state index contributed by atoms with van der Waals surface area (Å²) >= 11 is 13.7. The Morgan fingerprint density at radius 3 is 2.02 bits per heavy atom. The van der Waals surface area contributed by atoms with Gasteiger partial charge >= 0.3 is 0 Å². The van der Waals surface area contributed by atoms with E-state index in [2.05, 4.69) is 15.6 Å². The van der Waals surface area contributed by atoms with Crippen LogP contribution in [0.4, 0.5) is 28.4 Å². The van der Waals surface area contributed by atoms with Crippen LogP contribution in [-0.2, 0) is 20.0 Å². The van der Waals surface area contributed by atoms with Crippen molar-refractivity contribution in [3.05, 3.63) is 143 Å². The number of para-hydroxylation sites is 2. The van der Waals surface area contributed by atoms with Crippen molar-refractivity contribution in [3.8, 4) is 23.0 Å². The lowest BCUT2D eigenvalue weighted by molar-refractivity contribution is 0.481. The molecule has 0 saturated carbocycles. The van der Waals surface area contributed by atoms with Crippen LogP contribution in [0.1, 0.15) is 20.8 Å². The summed E-state index contributed by atoms with van der Waals surface area (Å²) in [5, 5.41) is 8.10. The minimum Gasteiger partial charge on any atom is -0.451 e. The molecular formula is C41H38Cl2N4O7S2. The molecule has 2 heterocycles. The average molecular weight is 834 g/mol. The number of hydrogen-bond donors (Lipinski definition) is 3. The molecule has 0 bridgehead atoms. The highest BCUT2D eigenvalue weighted by atomic mass is 35.5. The first kappa shape index (κ1) is 41.7. The lowest BCUT2D eigenvalue weighted by Gasteiger charge is -2.25. The second-order valence-corrected chi connectivity index (χ2v) is 16.2.